The lowest BCUT2D eigenvalue weighted by atomic mass is 9.67. The number of aliphatic hydroxyl groups excluding tert-OH is 4. The number of para-hydroxylation sites is 2. The largest absolute Gasteiger partial charge is 0.496 e. The Morgan fingerprint density at radius 1 is 0.571 bits per heavy atom. The fraction of sp³-hybridized carbons (Fsp3) is 0.424. The van der Waals surface area contributed by atoms with E-state index in [1.165, 1.54) is 12.5 Å². The average molecular weight is 1050 g/mol. The summed E-state index contributed by atoms with van der Waals surface area (Å²) in [5, 5.41) is 50.4. The van der Waals surface area contributed by atoms with Gasteiger partial charge in [0.15, 0.2) is 24.4 Å². The van der Waals surface area contributed by atoms with Crippen LogP contribution >= 0.6 is 0 Å². The number of amides is 4. The Labute approximate surface area is 446 Å². The number of rotatable bonds is 19. The Bertz CT molecular complexity index is 3050. The van der Waals surface area contributed by atoms with Gasteiger partial charge in [0.2, 0.25) is 11.8 Å². The van der Waals surface area contributed by atoms with E-state index in [1.54, 1.807) is 24.0 Å². The van der Waals surface area contributed by atoms with Gasteiger partial charge in [-0.15, -0.1) is 0 Å². The second kappa shape index (κ2) is 23.5. The van der Waals surface area contributed by atoms with E-state index in [2.05, 4.69) is 26.7 Å². The van der Waals surface area contributed by atoms with Crippen LogP contribution in [0.2, 0.25) is 0 Å². The van der Waals surface area contributed by atoms with E-state index in [0.717, 1.165) is 59.1 Å². The van der Waals surface area contributed by atoms with Gasteiger partial charge in [-0.2, -0.15) is 0 Å². The predicted molar refractivity (Wildman–Crippen MR) is 279 cm³/mol. The molecule has 0 radical (unpaired) electrons. The number of benzene rings is 4. The fourth-order valence-electron chi connectivity index (χ4n) is 12.0. The molecule has 2 fully saturated rings. The lowest BCUT2D eigenvalue weighted by Gasteiger charge is -2.48. The molecule has 18 nitrogen and oxygen atoms in total. The smallest absolute Gasteiger partial charge is 0.255 e. The maximum Gasteiger partial charge on any atom is 0.255 e. The topological polar surface area (TPSA) is 250 Å². The molecule has 4 aromatic carbocycles. The van der Waals surface area contributed by atoms with Crippen molar-refractivity contribution in [3.8, 4) is 11.5 Å². The lowest BCUT2D eigenvalue weighted by molar-refractivity contribution is -0.157. The first kappa shape index (κ1) is 53.0. The van der Waals surface area contributed by atoms with Crippen LogP contribution in [0.4, 0.5) is 0 Å². The number of methoxy groups -OCH3 is 2. The number of carbonyl (C=O) groups is 4. The summed E-state index contributed by atoms with van der Waals surface area (Å²) in [7, 11) is 3.18. The monoisotopic (exact) mass is 1050 g/mol. The van der Waals surface area contributed by atoms with Crippen LogP contribution in [-0.2, 0) is 51.5 Å². The summed E-state index contributed by atoms with van der Waals surface area (Å²) in [6, 6.07) is 30.4. The second-order valence-corrected chi connectivity index (χ2v) is 20.8. The number of fused-ring (bicyclic) bond motifs is 2. The number of aromatic nitrogens is 2. The number of ether oxygens (including phenoxy) is 2. The van der Waals surface area contributed by atoms with Crippen LogP contribution in [0.25, 0.3) is 0 Å². The van der Waals surface area contributed by atoms with Gasteiger partial charge in [-0.1, -0.05) is 84.9 Å². The molecular weight excluding hydrogens is 985 g/mol. The minimum atomic E-state index is -2.06. The Morgan fingerprint density at radius 2 is 1.01 bits per heavy atom. The van der Waals surface area contributed by atoms with Crippen LogP contribution in [0.5, 0.6) is 11.5 Å². The van der Waals surface area contributed by atoms with E-state index in [1.807, 2.05) is 91.0 Å². The molecule has 6 N–H and O–H groups in total. The highest BCUT2D eigenvalue weighted by atomic mass is 16.5. The van der Waals surface area contributed by atoms with Gasteiger partial charge >= 0.3 is 0 Å². The molecule has 77 heavy (non-hydrogen) atoms. The molecule has 7 atom stereocenters. The van der Waals surface area contributed by atoms with E-state index in [-0.39, 0.29) is 67.7 Å². The van der Waals surface area contributed by atoms with Crippen LogP contribution in [0.1, 0.15) is 113 Å². The first-order valence-corrected chi connectivity index (χ1v) is 26.6. The Balaban J connectivity index is 0.783. The third-order valence-corrected chi connectivity index (χ3v) is 16.0. The normalized spacial score (nSPS) is 21.7. The van der Waals surface area contributed by atoms with Gasteiger partial charge in [0.25, 0.3) is 23.6 Å². The molecule has 3 unspecified atom stereocenters. The maximum atomic E-state index is 14.5. The number of hydrogen-bond donors (Lipinski definition) is 6. The first-order chi connectivity index (χ1) is 37.4. The molecule has 18 heteroatoms. The number of nitrogens with zero attached hydrogens (tertiary/aromatic N) is 4. The number of nitrogens with one attached hydrogen (secondary N) is 2. The van der Waals surface area contributed by atoms with Crippen LogP contribution < -0.4 is 20.1 Å². The molecule has 2 aliphatic heterocycles. The van der Waals surface area contributed by atoms with E-state index in [9.17, 15) is 39.6 Å². The van der Waals surface area contributed by atoms with Gasteiger partial charge in [0.05, 0.1) is 50.8 Å². The van der Waals surface area contributed by atoms with Gasteiger partial charge in [0.1, 0.15) is 24.0 Å². The predicted octanol–water partition coefficient (Wildman–Crippen LogP) is 5.25. The Morgan fingerprint density at radius 3 is 1.55 bits per heavy atom. The molecule has 0 bridgehead atoms. The van der Waals surface area contributed by atoms with Crippen molar-refractivity contribution in [2.45, 2.75) is 113 Å². The van der Waals surface area contributed by atoms with E-state index in [4.69, 9.17) is 18.3 Å². The van der Waals surface area contributed by atoms with Crippen molar-refractivity contribution in [1.29, 1.82) is 0 Å². The van der Waals surface area contributed by atoms with Crippen LogP contribution in [0.15, 0.2) is 118 Å². The molecule has 6 aromatic rings. The summed E-state index contributed by atoms with van der Waals surface area (Å²) in [5.41, 5.74) is 7.22. The SMILES string of the molecule is COc1ccccc1Cc1coc(CNC(=O)[C@H](O)[C@@H](O)C(=O)N2CCc3ccccc3C2C2CCC(C3CN(C(=O)[C@H](O)[C@@H](O)C(=O)NCc4nc(Cc5ccccc5OC)co4)C(C4CC4)c4ccccc43)CC2)n1. The van der Waals surface area contributed by atoms with E-state index in [0.29, 0.717) is 55.0 Å². The summed E-state index contributed by atoms with van der Waals surface area (Å²) in [5.74, 6) is -1.46. The van der Waals surface area contributed by atoms with Crippen LogP contribution in [0.3, 0.4) is 0 Å². The van der Waals surface area contributed by atoms with Gasteiger partial charge in [-0.25, -0.2) is 9.97 Å². The highest BCUT2D eigenvalue weighted by Gasteiger charge is 2.49. The van der Waals surface area contributed by atoms with Crippen molar-refractivity contribution in [2.24, 2.45) is 17.8 Å². The molecule has 4 heterocycles. The standard InChI is InChI=1S/C59H66N6O12/c1-74-46-17-9-4-12-38(46)27-40-32-76-48(62-40)29-60-56(70)52(66)54(68)58(72)64-26-25-34-11-3-6-14-42(34)50(64)36-21-19-35(20-22-36)45-31-65(51(37-23-24-37)44-16-8-7-15-43(44)45)59(73)55(69)53(67)57(71)61-30-49-63-41(33-77-49)28-39-13-5-10-18-47(39)75-2/h3-18,32-33,35-37,45,50-55,66-69H,19-31H2,1-2H3,(H,60,70)(H,61,71)/t35?,36?,45?,50?,51?,52-,53-,54-,55-/m1/s1. The van der Waals surface area contributed by atoms with Crippen LogP contribution in [-0.4, -0.2) is 116 Å². The van der Waals surface area contributed by atoms with Gasteiger partial charge < -0.3 is 59.2 Å². The molecular formula is C59H66N6O12. The minimum absolute atomic E-state index is 0.0356. The Hall–Kier alpha value is -7.38. The first-order valence-electron chi connectivity index (χ1n) is 26.6. The van der Waals surface area contributed by atoms with Crippen molar-refractivity contribution in [3.05, 3.63) is 166 Å². The highest BCUT2D eigenvalue weighted by Crippen LogP contribution is 2.53. The molecule has 4 amide bonds. The minimum Gasteiger partial charge on any atom is -0.496 e. The number of hydrogen-bond acceptors (Lipinski definition) is 14. The van der Waals surface area contributed by atoms with Crippen LogP contribution in [0, 0.1) is 17.8 Å². The zero-order valence-corrected chi connectivity index (χ0v) is 43.2. The highest BCUT2D eigenvalue weighted by molar-refractivity contribution is 5.92. The van der Waals surface area contributed by atoms with E-state index < -0.39 is 54.1 Å². The summed E-state index contributed by atoms with van der Waals surface area (Å²) >= 11 is 0. The molecule has 2 aromatic heterocycles. The summed E-state index contributed by atoms with van der Waals surface area (Å²) in [6.07, 6.45) is 0.844. The van der Waals surface area contributed by atoms with Crippen molar-refractivity contribution >= 4 is 23.6 Å². The van der Waals surface area contributed by atoms with E-state index >= 15 is 0 Å². The third kappa shape index (κ3) is 11.5. The maximum absolute atomic E-state index is 14.5. The Kier molecular flexibility index (Phi) is 16.2. The average Bonchev–Trinajstić information content (AvgIpc) is 4.09. The van der Waals surface area contributed by atoms with Crippen molar-refractivity contribution in [3.63, 3.8) is 0 Å². The zero-order chi connectivity index (χ0) is 53.7. The molecule has 2 aliphatic carbocycles. The summed E-state index contributed by atoms with van der Waals surface area (Å²) < 4.78 is 22.0. The van der Waals surface area contributed by atoms with Crippen molar-refractivity contribution in [1.82, 2.24) is 30.4 Å². The molecule has 2 saturated carbocycles. The molecule has 4 aliphatic rings. The zero-order valence-electron chi connectivity index (χ0n) is 43.2. The van der Waals surface area contributed by atoms with Gasteiger partial charge in [0, 0.05) is 43.0 Å². The van der Waals surface area contributed by atoms with Crippen molar-refractivity contribution < 1.29 is 57.9 Å². The summed E-state index contributed by atoms with van der Waals surface area (Å²) in [4.78, 5) is 67.7. The summed E-state index contributed by atoms with van der Waals surface area (Å²) in [6.45, 7) is 0.215. The number of oxazole rings is 2. The lowest BCUT2D eigenvalue weighted by Crippen LogP contribution is -2.54. The molecule has 404 valence electrons. The molecule has 0 spiro atoms. The fourth-order valence-corrected chi connectivity index (χ4v) is 12.0. The quantitative estimate of drug-likeness (QED) is 0.0607. The molecule has 0 saturated heterocycles. The van der Waals surface area contributed by atoms with Gasteiger partial charge in [-0.05, 0) is 97.1 Å². The number of aliphatic hydroxyl groups is 4. The third-order valence-electron chi connectivity index (χ3n) is 16.0. The van der Waals surface area contributed by atoms with Gasteiger partial charge in [-0.3, -0.25) is 19.2 Å². The number of carbonyl (C=O) groups excluding carboxylic acids is 4. The second-order valence-electron chi connectivity index (χ2n) is 20.8. The molecule has 10 rings (SSSR count). The van der Waals surface area contributed by atoms with Crippen molar-refractivity contribution in [2.75, 3.05) is 27.3 Å².